The third kappa shape index (κ3) is 7.42. The van der Waals surface area contributed by atoms with E-state index in [-0.39, 0.29) is 37.5 Å². The Kier molecular flexibility index (Phi) is 10.1. The van der Waals surface area contributed by atoms with E-state index in [4.69, 9.17) is 15.1 Å². The van der Waals surface area contributed by atoms with Crippen LogP contribution in [0.5, 0.6) is 0 Å². The summed E-state index contributed by atoms with van der Waals surface area (Å²) in [5.41, 5.74) is 7.40. The van der Waals surface area contributed by atoms with Gasteiger partial charge in [0, 0.05) is 44.0 Å². The Morgan fingerprint density at radius 3 is 2.17 bits per heavy atom. The van der Waals surface area contributed by atoms with Crippen LogP contribution in [-0.2, 0) is 24.9 Å². The predicted molar refractivity (Wildman–Crippen MR) is 166 cm³/mol. The number of carbonyl (C=O) groups excluding carboxylic acids is 1. The molecule has 5 rings (SSSR count). The first-order chi connectivity index (χ1) is 18.8. The summed E-state index contributed by atoms with van der Waals surface area (Å²) >= 11 is 0. The molecule has 0 fully saturated rings. The summed E-state index contributed by atoms with van der Waals surface area (Å²) in [4.78, 5) is 19.7. The van der Waals surface area contributed by atoms with Crippen molar-refractivity contribution in [1.82, 2.24) is 9.97 Å². The fourth-order valence-corrected chi connectivity index (χ4v) is 7.02. The minimum atomic E-state index is -1.80. The zero-order valence-corrected chi connectivity index (χ0v) is 27.8. The average molecular weight is 742 g/mol. The van der Waals surface area contributed by atoms with E-state index in [1.54, 1.807) is 0 Å². The summed E-state index contributed by atoms with van der Waals surface area (Å²) in [7, 11) is -1.80. The number of allylic oxidation sites excluding steroid dienone is 2. The number of aromatic nitrogens is 2. The van der Waals surface area contributed by atoms with Gasteiger partial charge in [-0.05, 0) is 64.8 Å². The maximum Gasteiger partial charge on any atom is 0.155 e. The summed E-state index contributed by atoms with van der Waals surface area (Å²) in [6.07, 6.45) is 5.01. The van der Waals surface area contributed by atoms with Gasteiger partial charge >= 0.3 is 0 Å². The molecule has 2 aromatic heterocycles. The van der Waals surface area contributed by atoms with Gasteiger partial charge < -0.3 is 10.1 Å². The van der Waals surface area contributed by atoms with Crippen molar-refractivity contribution in [2.75, 3.05) is 0 Å². The van der Waals surface area contributed by atoms with Gasteiger partial charge in [0.1, 0.15) is 5.82 Å². The first kappa shape index (κ1) is 32.0. The molecule has 41 heavy (non-hydrogen) atoms. The molecule has 0 saturated carbocycles. The molecule has 0 aliphatic heterocycles. The monoisotopic (exact) mass is 742 g/mol. The van der Waals surface area contributed by atoms with Crippen molar-refractivity contribution in [3.05, 3.63) is 102 Å². The van der Waals surface area contributed by atoms with Crippen LogP contribution in [0.25, 0.3) is 44.1 Å². The fraction of sp³-hybridized carbons (Fsp3) is 0.206. The molecule has 1 N–H and O–H groups in total. The van der Waals surface area contributed by atoms with Crippen LogP contribution in [0.15, 0.2) is 78.8 Å². The molecule has 0 atom stereocenters. The van der Waals surface area contributed by atoms with Crippen LogP contribution in [0.4, 0.5) is 4.39 Å². The number of aliphatic hydroxyl groups is 1. The second kappa shape index (κ2) is 13.0. The second-order valence-electron chi connectivity index (χ2n) is 11.2. The average Bonchev–Trinajstić information content (AvgIpc) is 2.86. The number of halogens is 1. The molecule has 5 aromatic rings. The molecule has 1 radical (unpaired) electrons. The number of pyridine rings is 2. The SMILES string of the molecule is CC(=O)/C=C(/C)O.Cc1[c-]c(-c2nccc3c2cnc2c([Si](C)(C)C)c(-c4ccc(F)cc4)ccc23)cc(C)c1.[Ir]. The molecule has 0 saturated heterocycles. The van der Waals surface area contributed by atoms with Crippen molar-refractivity contribution < 1.29 is 34.4 Å². The van der Waals surface area contributed by atoms with Gasteiger partial charge in [-0.15, -0.1) is 34.9 Å². The molecule has 213 valence electrons. The maximum absolute atomic E-state index is 13.6. The van der Waals surface area contributed by atoms with E-state index >= 15 is 0 Å². The van der Waals surface area contributed by atoms with Crippen molar-refractivity contribution in [2.45, 2.75) is 47.3 Å². The standard InChI is InChI=1S/C29H26FN2Si.C5H8O2.Ir/c1-18-14-19(2)16-21(15-18)27-26-17-32-28-25(24(26)12-13-31-27)11-10-23(29(28)33(3,4)5)20-6-8-22(30)9-7-20;1-4(6)3-5(2)7;/h6-15,17H,1-5H3;3,6H,1-2H3;/q-1;;/b;4-3-;. The number of rotatable bonds is 4. The Hall–Kier alpha value is -3.51. The van der Waals surface area contributed by atoms with Crippen LogP contribution < -0.4 is 5.19 Å². The Labute approximate surface area is 255 Å². The van der Waals surface area contributed by atoms with Gasteiger partial charge in [0.15, 0.2) is 5.78 Å². The fourth-order valence-electron chi connectivity index (χ4n) is 5.07. The number of aryl methyl sites for hydroxylation is 2. The summed E-state index contributed by atoms with van der Waals surface area (Å²) in [6, 6.07) is 20.9. The Morgan fingerprint density at radius 2 is 1.61 bits per heavy atom. The van der Waals surface area contributed by atoms with E-state index in [0.29, 0.717) is 0 Å². The third-order valence-corrected chi connectivity index (χ3v) is 8.51. The Morgan fingerprint density at radius 1 is 0.927 bits per heavy atom. The number of hydrogen-bond donors (Lipinski definition) is 1. The zero-order valence-electron chi connectivity index (χ0n) is 24.4. The quantitative estimate of drug-likeness (QED) is 0.0663. The smallest absolute Gasteiger partial charge is 0.155 e. The molecule has 7 heteroatoms. The van der Waals surface area contributed by atoms with Crippen LogP contribution in [0, 0.1) is 25.7 Å². The number of ketones is 1. The van der Waals surface area contributed by atoms with Gasteiger partial charge in [-0.3, -0.25) is 9.78 Å². The van der Waals surface area contributed by atoms with Gasteiger partial charge in [-0.25, -0.2) is 4.39 Å². The van der Waals surface area contributed by atoms with E-state index in [2.05, 4.69) is 69.9 Å². The number of benzene rings is 3. The number of hydrogen-bond acceptors (Lipinski definition) is 4. The van der Waals surface area contributed by atoms with Crippen molar-refractivity contribution in [1.29, 1.82) is 0 Å². The van der Waals surface area contributed by atoms with Gasteiger partial charge in [0.05, 0.1) is 19.3 Å². The normalized spacial score (nSPS) is 11.6. The third-order valence-electron chi connectivity index (χ3n) is 6.50. The van der Waals surface area contributed by atoms with Crippen molar-refractivity contribution in [3.8, 4) is 22.4 Å². The van der Waals surface area contributed by atoms with E-state index in [0.717, 1.165) is 49.6 Å². The molecular formula is C34H34FIrN2O2Si-. The minimum Gasteiger partial charge on any atom is -0.512 e. The molecule has 3 aromatic carbocycles. The first-order valence-electron chi connectivity index (χ1n) is 13.2. The van der Waals surface area contributed by atoms with Gasteiger partial charge in [-0.1, -0.05) is 57.8 Å². The molecule has 2 heterocycles. The second-order valence-corrected chi connectivity index (χ2v) is 16.2. The molecule has 0 unspecified atom stereocenters. The summed E-state index contributed by atoms with van der Waals surface area (Å²) in [6.45, 7) is 14.0. The predicted octanol–water partition coefficient (Wildman–Crippen LogP) is 8.25. The van der Waals surface area contributed by atoms with Crippen LogP contribution in [0.2, 0.25) is 19.6 Å². The van der Waals surface area contributed by atoms with E-state index < -0.39 is 8.07 Å². The van der Waals surface area contributed by atoms with Gasteiger partial charge in [0.2, 0.25) is 0 Å². The summed E-state index contributed by atoms with van der Waals surface area (Å²) < 4.78 is 13.6. The molecule has 0 spiro atoms. The number of fused-ring (bicyclic) bond motifs is 3. The Bertz CT molecular complexity index is 1740. The molecule has 0 bridgehead atoms. The maximum atomic E-state index is 13.6. The topological polar surface area (TPSA) is 63.1 Å². The molecule has 0 amide bonds. The molecule has 4 nitrogen and oxygen atoms in total. The molecule has 0 aliphatic carbocycles. The van der Waals surface area contributed by atoms with E-state index in [1.165, 1.54) is 42.8 Å². The minimum absolute atomic E-state index is 0. The van der Waals surface area contributed by atoms with Crippen molar-refractivity contribution >= 4 is 40.7 Å². The van der Waals surface area contributed by atoms with Crippen molar-refractivity contribution in [2.24, 2.45) is 0 Å². The van der Waals surface area contributed by atoms with Crippen LogP contribution >= 0.6 is 0 Å². The van der Waals surface area contributed by atoms with E-state index in [9.17, 15) is 9.18 Å². The first-order valence-corrected chi connectivity index (χ1v) is 16.7. The zero-order chi connectivity index (χ0) is 29.2. The van der Waals surface area contributed by atoms with Crippen LogP contribution in [0.3, 0.4) is 0 Å². The molecular weight excluding hydrogens is 708 g/mol. The largest absolute Gasteiger partial charge is 0.512 e. The van der Waals surface area contributed by atoms with Crippen molar-refractivity contribution in [3.63, 3.8) is 0 Å². The molecule has 0 aliphatic rings. The van der Waals surface area contributed by atoms with E-state index in [1.807, 2.05) is 24.5 Å². The van der Waals surface area contributed by atoms with Crippen LogP contribution in [-0.4, -0.2) is 28.9 Å². The number of aliphatic hydroxyl groups excluding tert-OH is 1. The van der Waals surface area contributed by atoms with Crippen LogP contribution in [0.1, 0.15) is 25.0 Å². The van der Waals surface area contributed by atoms with Gasteiger partial charge in [0.25, 0.3) is 0 Å². The number of nitrogens with zero attached hydrogens (tertiary/aromatic N) is 2. The van der Waals surface area contributed by atoms with Gasteiger partial charge in [-0.2, -0.15) is 0 Å². The Balaban J connectivity index is 0.000000516. The summed E-state index contributed by atoms with van der Waals surface area (Å²) in [5, 5.41) is 13.0. The number of carbonyl (C=O) groups is 1. The summed E-state index contributed by atoms with van der Waals surface area (Å²) in [5.74, 6) is -0.283.